The molecular weight excluding hydrogens is 372 g/mol. The summed E-state index contributed by atoms with van der Waals surface area (Å²) in [4.78, 5) is 13.7. The van der Waals surface area contributed by atoms with E-state index in [4.69, 9.17) is 10.1 Å². The van der Waals surface area contributed by atoms with Crippen LogP contribution in [0.15, 0.2) is 61.2 Å². The van der Waals surface area contributed by atoms with E-state index in [-0.39, 0.29) is 0 Å². The van der Waals surface area contributed by atoms with E-state index < -0.39 is 0 Å². The Morgan fingerprint density at radius 1 is 1.10 bits per heavy atom. The van der Waals surface area contributed by atoms with Crippen LogP contribution in [0, 0.1) is 0 Å². The molecule has 4 aromatic rings. The van der Waals surface area contributed by atoms with Crippen molar-refractivity contribution in [2.45, 2.75) is 32.9 Å². The SMILES string of the molecule is CCn1cc(-c2ccnc(Cc3ccc4c(c3)CCNC4)n2)c(-c2cccnc2)n1. The molecule has 0 bridgehead atoms. The molecule has 150 valence electrons. The fourth-order valence-corrected chi connectivity index (χ4v) is 3.94. The van der Waals surface area contributed by atoms with Crippen molar-refractivity contribution in [2.24, 2.45) is 0 Å². The predicted octanol–water partition coefficient (Wildman–Crippen LogP) is 3.66. The number of hydrogen-bond donors (Lipinski definition) is 1. The van der Waals surface area contributed by atoms with Crippen LogP contribution in [0.5, 0.6) is 0 Å². The zero-order chi connectivity index (χ0) is 20.3. The van der Waals surface area contributed by atoms with E-state index in [1.807, 2.05) is 35.3 Å². The zero-order valence-electron chi connectivity index (χ0n) is 17.0. The minimum atomic E-state index is 0.721. The smallest absolute Gasteiger partial charge is 0.133 e. The first-order valence-electron chi connectivity index (χ1n) is 10.4. The van der Waals surface area contributed by atoms with Gasteiger partial charge in [0.05, 0.1) is 5.69 Å². The van der Waals surface area contributed by atoms with Crippen LogP contribution in [0.2, 0.25) is 0 Å². The van der Waals surface area contributed by atoms with Crippen LogP contribution in [0.3, 0.4) is 0 Å². The molecule has 0 unspecified atom stereocenters. The Hall–Kier alpha value is -3.38. The molecule has 0 fully saturated rings. The summed E-state index contributed by atoms with van der Waals surface area (Å²) in [5.41, 5.74) is 7.87. The van der Waals surface area contributed by atoms with Gasteiger partial charge in [-0.05, 0) is 54.8 Å². The maximum Gasteiger partial charge on any atom is 0.133 e. The van der Waals surface area contributed by atoms with E-state index in [0.29, 0.717) is 0 Å². The highest BCUT2D eigenvalue weighted by Gasteiger charge is 2.15. The molecule has 4 heterocycles. The second-order valence-corrected chi connectivity index (χ2v) is 7.55. The lowest BCUT2D eigenvalue weighted by Crippen LogP contribution is -2.23. The van der Waals surface area contributed by atoms with Gasteiger partial charge in [0.2, 0.25) is 0 Å². The summed E-state index contributed by atoms with van der Waals surface area (Å²) in [6.07, 6.45) is 9.32. The van der Waals surface area contributed by atoms with Crippen molar-refractivity contribution in [1.29, 1.82) is 0 Å². The van der Waals surface area contributed by atoms with Crippen molar-refractivity contribution < 1.29 is 0 Å². The minimum absolute atomic E-state index is 0.721. The molecule has 1 aliphatic rings. The fourth-order valence-electron chi connectivity index (χ4n) is 3.94. The van der Waals surface area contributed by atoms with Crippen molar-refractivity contribution in [2.75, 3.05) is 6.54 Å². The van der Waals surface area contributed by atoms with Crippen molar-refractivity contribution in [3.8, 4) is 22.5 Å². The first-order valence-corrected chi connectivity index (χ1v) is 10.4. The normalized spacial score (nSPS) is 13.2. The average Bonchev–Trinajstić information content (AvgIpc) is 3.25. The fraction of sp³-hybridized carbons (Fsp3) is 0.250. The molecule has 5 rings (SSSR count). The number of nitrogens with zero attached hydrogens (tertiary/aromatic N) is 5. The topological polar surface area (TPSA) is 68.5 Å². The number of rotatable bonds is 5. The van der Waals surface area contributed by atoms with Crippen LogP contribution in [0.25, 0.3) is 22.5 Å². The van der Waals surface area contributed by atoms with Gasteiger partial charge >= 0.3 is 0 Å². The molecule has 0 atom stereocenters. The van der Waals surface area contributed by atoms with Crippen molar-refractivity contribution >= 4 is 0 Å². The van der Waals surface area contributed by atoms with E-state index in [0.717, 1.165) is 60.8 Å². The number of fused-ring (bicyclic) bond motifs is 1. The molecule has 1 aliphatic heterocycles. The van der Waals surface area contributed by atoms with Crippen molar-refractivity contribution in [3.05, 3.63) is 83.7 Å². The third-order valence-electron chi connectivity index (χ3n) is 5.52. The van der Waals surface area contributed by atoms with Gasteiger partial charge < -0.3 is 5.32 Å². The Bertz CT molecular complexity index is 1170. The second kappa shape index (κ2) is 8.16. The molecule has 6 heteroatoms. The number of pyridine rings is 1. The van der Waals surface area contributed by atoms with Crippen molar-refractivity contribution in [3.63, 3.8) is 0 Å². The summed E-state index contributed by atoms with van der Waals surface area (Å²) >= 11 is 0. The molecule has 3 aromatic heterocycles. The van der Waals surface area contributed by atoms with Crippen molar-refractivity contribution in [1.82, 2.24) is 30.0 Å². The van der Waals surface area contributed by atoms with E-state index in [9.17, 15) is 0 Å². The van der Waals surface area contributed by atoms with E-state index in [2.05, 4.69) is 46.6 Å². The van der Waals surface area contributed by atoms with Crippen LogP contribution in [0.4, 0.5) is 0 Å². The van der Waals surface area contributed by atoms with Gasteiger partial charge in [-0.3, -0.25) is 9.67 Å². The molecule has 0 saturated carbocycles. The lowest BCUT2D eigenvalue weighted by molar-refractivity contribution is 0.643. The maximum absolute atomic E-state index is 4.89. The molecule has 6 nitrogen and oxygen atoms in total. The monoisotopic (exact) mass is 396 g/mol. The Balaban J connectivity index is 1.48. The number of aryl methyl sites for hydroxylation is 1. The maximum atomic E-state index is 4.89. The summed E-state index contributed by atoms with van der Waals surface area (Å²) in [6.45, 7) is 4.89. The first-order chi connectivity index (χ1) is 14.8. The van der Waals surface area contributed by atoms with Gasteiger partial charge in [0.15, 0.2) is 0 Å². The van der Waals surface area contributed by atoms with Gasteiger partial charge in [0.1, 0.15) is 11.5 Å². The molecule has 0 aliphatic carbocycles. The second-order valence-electron chi connectivity index (χ2n) is 7.55. The Kier molecular flexibility index (Phi) is 5.07. The Morgan fingerprint density at radius 3 is 2.93 bits per heavy atom. The average molecular weight is 396 g/mol. The summed E-state index contributed by atoms with van der Waals surface area (Å²) in [5.74, 6) is 0.822. The number of nitrogens with one attached hydrogen (secondary N) is 1. The molecule has 0 saturated heterocycles. The quantitative estimate of drug-likeness (QED) is 0.558. The van der Waals surface area contributed by atoms with Gasteiger partial charge in [-0.2, -0.15) is 5.10 Å². The Morgan fingerprint density at radius 2 is 2.07 bits per heavy atom. The molecule has 0 radical (unpaired) electrons. The minimum Gasteiger partial charge on any atom is -0.312 e. The molecule has 0 spiro atoms. The number of benzene rings is 1. The third-order valence-corrected chi connectivity index (χ3v) is 5.52. The van der Waals surface area contributed by atoms with Crippen LogP contribution in [0.1, 0.15) is 29.4 Å². The number of hydrogen-bond acceptors (Lipinski definition) is 5. The van der Waals surface area contributed by atoms with E-state index in [1.54, 1.807) is 6.20 Å². The summed E-state index contributed by atoms with van der Waals surface area (Å²) in [6, 6.07) is 12.6. The van der Waals surface area contributed by atoms with E-state index >= 15 is 0 Å². The highest BCUT2D eigenvalue weighted by atomic mass is 15.3. The predicted molar refractivity (Wildman–Crippen MR) is 117 cm³/mol. The summed E-state index contributed by atoms with van der Waals surface area (Å²) in [7, 11) is 0. The first kappa shape index (κ1) is 18.6. The highest BCUT2D eigenvalue weighted by Crippen LogP contribution is 2.29. The van der Waals surface area contributed by atoms with Crippen LogP contribution in [-0.4, -0.2) is 31.3 Å². The lowest BCUT2D eigenvalue weighted by atomic mass is 9.97. The zero-order valence-corrected chi connectivity index (χ0v) is 17.0. The van der Waals surface area contributed by atoms with Crippen LogP contribution in [-0.2, 0) is 25.9 Å². The molecular formula is C24H24N6. The van der Waals surface area contributed by atoms with E-state index in [1.165, 1.54) is 16.7 Å². The number of aromatic nitrogens is 5. The van der Waals surface area contributed by atoms with Crippen LogP contribution >= 0.6 is 0 Å². The van der Waals surface area contributed by atoms with Gasteiger partial charge in [-0.25, -0.2) is 9.97 Å². The van der Waals surface area contributed by atoms with Gasteiger partial charge in [-0.1, -0.05) is 18.2 Å². The summed E-state index contributed by atoms with van der Waals surface area (Å²) < 4.78 is 1.94. The molecule has 1 aromatic carbocycles. The third kappa shape index (κ3) is 3.74. The standard InChI is InChI=1S/C24H24N6/c1-2-30-16-21(24(29-30)20-4-3-9-25-15-20)22-8-11-27-23(28-22)13-17-5-6-19-14-26-10-7-18(19)12-17/h3-6,8-9,11-12,15-16,26H,2,7,10,13-14H2,1H3. The Labute approximate surface area is 176 Å². The van der Waals surface area contributed by atoms with Gasteiger partial charge in [0, 0.05) is 55.4 Å². The van der Waals surface area contributed by atoms with Gasteiger partial charge in [0.25, 0.3) is 0 Å². The highest BCUT2D eigenvalue weighted by molar-refractivity contribution is 5.78. The van der Waals surface area contributed by atoms with Gasteiger partial charge in [-0.15, -0.1) is 0 Å². The van der Waals surface area contributed by atoms with Crippen LogP contribution < -0.4 is 5.32 Å². The largest absolute Gasteiger partial charge is 0.312 e. The molecule has 0 amide bonds. The lowest BCUT2D eigenvalue weighted by Gasteiger charge is -2.17. The molecule has 1 N–H and O–H groups in total. The summed E-state index contributed by atoms with van der Waals surface area (Å²) in [5, 5.41) is 8.17. The molecule has 30 heavy (non-hydrogen) atoms.